The fourth-order valence-corrected chi connectivity index (χ4v) is 0.758. The first-order valence-electron chi connectivity index (χ1n) is 3.68. The number of carboxylic acid groups (broad SMARTS) is 1. The van der Waals surface area contributed by atoms with E-state index in [0.717, 1.165) is 0 Å². The second kappa shape index (κ2) is 3.70. The van der Waals surface area contributed by atoms with Gasteiger partial charge in [-0.25, -0.2) is 8.78 Å². The molecular weight excluding hydrogens is 211 g/mol. The molecule has 0 bridgehead atoms. The minimum absolute atomic E-state index is 0.263. The molecule has 0 amide bonds. The van der Waals surface area contributed by atoms with E-state index in [0.29, 0.717) is 6.92 Å². The number of rotatable bonds is 3. The normalized spacial score (nSPS) is 17.6. The molecule has 0 rings (SSSR count). The van der Waals surface area contributed by atoms with Gasteiger partial charge in [0.1, 0.15) is 11.8 Å². The van der Waals surface area contributed by atoms with Crippen LogP contribution in [0.25, 0.3) is 0 Å². The van der Waals surface area contributed by atoms with Crippen LogP contribution in [0.3, 0.4) is 0 Å². The molecule has 0 aliphatic rings. The third-order valence-electron chi connectivity index (χ3n) is 2.02. The van der Waals surface area contributed by atoms with Crippen molar-refractivity contribution in [2.45, 2.75) is 25.9 Å². The molecule has 0 aromatic carbocycles. The quantitative estimate of drug-likeness (QED) is 0.742. The van der Waals surface area contributed by atoms with Gasteiger partial charge < -0.3 is 5.11 Å². The predicted octanol–water partition coefficient (Wildman–Crippen LogP) is 2.54. The van der Waals surface area contributed by atoms with Gasteiger partial charge in [-0.05, 0) is 13.8 Å². The molecule has 0 aliphatic heterocycles. The molecule has 2 unspecified atom stereocenters. The standard InChI is InChI=1S/C7H9F5O2/c1-3(5(13)14)6(8,9)4(2)7(10,11)12/h3-4H,1-2H3,(H,13,14). The van der Waals surface area contributed by atoms with Crippen LogP contribution in [0.4, 0.5) is 22.0 Å². The molecule has 1 N–H and O–H groups in total. The number of carboxylic acids is 1. The highest BCUT2D eigenvalue weighted by Crippen LogP contribution is 2.42. The molecule has 0 spiro atoms. The Morgan fingerprint density at radius 2 is 1.50 bits per heavy atom. The van der Waals surface area contributed by atoms with Gasteiger partial charge in [-0.1, -0.05) is 0 Å². The minimum Gasteiger partial charge on any atom is -0.481 e. The van der Waals surface area contributed by atoms with Crippen molar-refractivity contribution in [3.05, 3.63) is 0 Å². The maximum absolute atomic E-state index is 12.9. The van der Waals surface area contributed by atoms with Crippen LogP contribution in [0.1, 0.15) is 13.8 Å². The second-order valence-electron chi connectivity index (χ2n) is 3.00. The highest BCUT2D eigenvalue weighted by atomic mass is 19.4. The number of halogens is 5. The van der Waals surface area contributed by atoms with Crippen LogP contribution in [0.2, 0.25) is 0 Å². The van der Waals surface area contributed by atoms with Crippen molar-refractivity contribution in [3.8, 4) is 0 Å². The lowest BCUT2D eigenvalue weighted by atomic mass is 9.92. The van der Waals surface area contributed by atoms with Crippen LogP contribution in [0, 0.1) is 11.8 Å². The lowest BCUT2D eigenvalue weighted by Crippen LogP contribution is -2.44. The Hall–Kier alpha value is -0.880. The summed E-state index contributed by atoms with van der Waals surface area (Å²) in [5, 5.41) is 8.18. The van der Waals surface area contributed by atoms with Crippen molar-refractivity contribution in [2.75, 3.05) is 0 Å². The average molecular weight is 220 g/mol. The smallest absolute Gasteiger partial charge is 0.397 e. The van der Waals surface area contributed by atoms with Crippen LogP contribution in [0.5, 0.6) is 0 Å². The van der Waals surface area contributed by atoms with Gasteiger partial charge in [-0.3, -0.25) is 4.79 Å². The number of carbonyl (C=O) groups is 1. The van der Waals surface area contributed by atoms with Gasteiger partial charge in [-0.2, -0.15) is 13.2 Å². The van der Waals surface area contributed by atoms with Crippen molar-refractivity contribution in [1.29, 1.82) is 0 Å². The van der Waals surface area contributed by atoms with Gasteiger partial charge in [0.2, 0.25) is 0 Å². The number of hydrogen-bond donors (Lipinski definition) is 1. The zero-order valence-corrected chi connectivity index (χ0v) is 7.40. The molecule has 7 heteroatoms. The summed E-state index contributed by atoms with van der Waals surface area (Å²) >= 11 is 0. The van der Waals surface area contributed by atoms with Gasteiger partial charge in [-0.15, -0.1) is 0 Å². The van der Waals surface area contributed by atoms with E-state index in [2.05, 4.69) is 0 Å². The predicted molar refractivity (Wildman–Crippen MR) is 37.0 cm³/mol. The molecule has 0 heterocycles. The molecule has 0 fully saturated rings. The Balaban J connectivity index is 4.86. The van der Waals surface area contributed by atoms with E-state index < -0.39 is 29.9 Å². The monoisotopic (exact) mass is 220 g/mol. The Morgan fingerprint density at radius 1 is 1.14 bits per heavy atom. The molecule has 0 aromatic rings. The molecular formula is C7H9F5O2. The maximum atomic E-state index is 12.9. The summed E-state index contributed by atoms with van der Waals surface area (Å²) in [5.74, 6) is -11.6. The number of aliphatic carboxylic acids is 1. The fourth-order valence-electron chi connectivity index (χ4n) is 0.758. The van der Waals surface area contributed by atoms with Crippen LogP contribution in [0.15, 0.2) is 0 Å². The maximum Gasteiger partial charge on any atom is 0.397 e. The first-order chi connectivity index (χ1) is 6.01. The molecule has 0 aliphatic carbocycles. The highest BCUT2D eigenvalue weighted by molar-refractivity contribution is 5.70. The summed E-state index contributed by atoms with van der Waals surface area (Å²) < 4.78 is 61.4. The Morgan fingerprint density at radius 3 is 1.71 bits per heavy atom. The molecule has 84 valence electrons. The average Bonchev–Trinajstić information content (AvgIpc) is 1.99. The summed E-state index contributed by atoms with van der Waals surface area (Å²) in [6, 6.07) is 0. The molecule has 0 saturated heterocycles. The third-order valence-corrected chi connectivity index (χ3v) is 2.02. The number of hydrogen-bond acceptors (Lipinski definition) is 1. The zero-order chi connectivity index (χ0) is 11.7. The molecule has 0 radical (unpaired) electrons. The zero-order valence-electron chi connectivity index (χ0n) is 7.40. The van der Waals surface area contributed by atoms with Gasteiger partial charge in [0.05, 0.1) is 0 Å². The van der Waals surface area contributed by atoms with Crippen LogP contribution in [-0.2, 0) is 4.79 Å². The summed E-state index contributed by atoms with van der Waals surface area (Å²) in [7, 11) is 0. The van der Waals surface area contributed by atoms with E-state index in [-0.39, 0.29) is 6.92 Å². The van der Waals surface area contributed by atoms with Crippen molar-refractivity contribution < 1.29 is 31.9 Å². The minimum atomic E-state index is -5.10. The Bertz CT molecular complexity index is 223. The lowest BCUT2D eigenvalue weighted by molar-refractivity contribution is -0.247. The van der Waals surface area contributed by atoms with E-state index in [4.69, 9.17) is 5.11 Å². The van der Waals surface area contributed by atoms with Crippen molar-refractivity contribution in [3.63, 3.8) is 0 Å². The van der Waals surface area contributed by atoms with Gasteiger partial charge in [0, 0.05) is 0 Å². The molecule has 14 heavy (non-hydrogen) atoms. The SMILES string of the molecule is CC(C(=O)O)C(F)(F)C(C)C(F)(F)F. The van der Waals surface area contributed by atoms with E-state index >= 15 is 0 Å². The van der Waals surface area contributed by atoms with Gasteiger partial charge in [0.25, 0.3) is 5.92 Å². The number of alkyl halides is 5. The summed E-state index contributed by atoms with van der Waals surface area (Å²) in [6.45, 7) is 0.810. The summed E-state index contributed by atoms with van der Waals surface area (Å²) in [4.78, 5) is 10.1. The van der Waals surface area contributed by atoms with E-state index in [1.807, 2.05) is 0 Å². The van der Waals surface area contributed by atoms with E-state index in [1.54, 1.807) is 0 Å². The van der Waals surface area contributed by atoms with Crippen LogP contribution < -0.4 is 0 Å². The van der Waals surface area contributed by atoms with Crippen molar-refractivity contribution >= 4 is 5.97 Å². The van der Waals surface area contributed by atoms with Crippen LogP contribution in [-0.4, -0.2) is 23.2 Å². The van der Waals surface area contributed by atoms with Gasteiger partial charge in [0.15, 0.2) is 0 Å². The van der Waals surface area contributed by atoms with Crippen molar-refractivity contribution in [2.24, 2.45) is 11.8 Å². The molecule has 0 aromatic heterocycles. The molecule has 2 atom stereocenters. The van der Waals surface area contributed by atoms with E-state index in [1.165, 1.54) is 0 Å². The Labute approximate surface area is 76.7 Å². The molecule has 0 saturated carbocycles. The van der Waals surface area contributed by atoms with Gasteiger partial charge >= 0.3 is 12.1 Å². The van der Waals surface area contributed by atoms with Crippen LogP contribution >= 0.6 is 0 Å². The topological polar surface area (TPSA) is 37.3 Å². The third kappa shape index (κ3) is 2.55. The van der Waals surface area contributed by atoms with Crippen molar-refractivity contribution in [1.82, 2.24) is 0 Å². The summed E-state index contributed by atoms with van der Waals surface area (Å²) in [6.07, 6.45) is -5.10. The summed E-state index contributed by atoms with van der Waals surface area (Å²) in [5.41, 5.74) is 0. The largest absolute Gasteiger partial charge is 0.481 e. The van der Waals surface area contributed by atoms with E-state index in [9.17, 15) is 26.7 Å². The first kappa shape index (κ1) is 13.1. The first-order valence-corrected chi connectivity index (χ1v) is 3.68. The highest BCUT2D eigenvalue weighted by Gasteiger charge is 2.57. The fraction of sp³-hybridized carbons (Fsp3) is 0.857. The lowest BCUT2D eigenvalue weighted by Gasteiger charge is -2.28. The molecule has 2 nitrogen and oxygen atoms in total. The second-order valence-corrected chi connectivity index (χ2v) is 3.00. The Kier molecular flexibility index (Phi) is 3.47.